The fourth-order valence-electron chi connectivity index (χ4n) is 3.51. The molecule has 0 aromatic carbocycles. The highest BCUT2D eigenvalue weighted by molar-refractivity contribution is 5.73. The van der Waals surface area contributed by atoms with Crippen molar-refractivity contribution >= 4 is 11.9 Å². The second kappa shape index (κ2) is 15.4. The van der Waals surface area contributed by atoms with E-state index >= 15 is 0 Å². The summed E-state index contributed by atoms with van der Waals surface area (Å²) < 4.78 is 80.0. The first-order valence-corrected chi connectivity index (χ1v) is 11.3. The molecule has 39 heavy (non-hydrogen) atoms. The van der Waals surface area contributed by atoms with Gasteiger partial charge in [-0.2, -0.15) is 26.3 Å². The maximum atomic E-state index is 10.6. The van der Waals surface area contributed by atoms with Gasteiger partial charge in [0.1, 0.15) is 5.76 Å². The van der Waals surface area contributed by atoms with Gasteiger partial charge in [-0.05, 0) is 38.3 Å². The Morgan fingerprint density at radius 3 is 2.13 bits per heavy atom. The third-order valence-electron chi connectivity index (χ3n) is 5.41. The van der Waals surface area contributed by atoms with Crippen LogP contribution in [0.2, 0.25) is 0 Å². The van der Waals surface area contributed by atoms with Crippen molar-refractivity contribution in [1.29, 1.82) is 0 Å². The number of hydrogen-bond acceptors (Lipinski definition) is 8. The summed E-state index contributed by atoms with van der Waals surface area (Å²) in [5, 5.41) is 18.3. The largest absolute Gasteiger partial charge is 0.490 e. The van der Waals surface area contributed by atoms with Crippen LogP contribution in [0.3, 0.4) is 0 Å². The van der Waals surface area contributed by atoms with Crippen LogP contribution in [-0.4, -0.2) is 88.6 Å². The minimum atomic E-state index is -5.08. The van der Waals surface area contributed by atoms with E-state index in [1.54, 1.807) is 7.11 Å². The summed E-state index contributed by atoms with van der Waals surface area (Å²) >= 11 is 0. The number of carbonyl (C=O) groups is 2. The van der Waals surface area contributed by atoms with Gasteiger partial charge in [0.05, 0.1) is 25.0 Å². The Bertz CT molecular complexity index is 988. The zero-order chi connectivity index (χ0) is 29.8. The number of hydrogen-bond donors (Lipinski definition) is 2. The highest BCUT2D eigenvalue weighted by atomic mass is 19.4. The van der Waals surface area contributed by atoms with Crippen LogP contribution in [0.25, 0.3) is 0 Å². The number of pyridine rings is 1. The monoisotopic (exact) mass is 573 g/mol. The quantitative estimate of drug-likeness (QED) is 0.355. The van der Waals surface area contributed by atoms with Crippen LogP contribution in [0.4, 0.5) is 26.3 Å². The van der Waals surface area contributed by atoms with Crippen LogP contribution >= 0.6 is 0 Å². The fourth-order valence-corrected chi connectivity index (χ4v) is 3.51. The normalized spacial score (nSPS) is 17.6. The van der Waals surface area contributed by atoms with E-state index in [0.29, 0.717) is 19.3 Å². The molecule has 0 aliphatic carbocycles. The van der Waals surface area contributed by atoms with Gasteiger partial charge in [0.15, 0.2) is 0 Å². The van der Waals surface area contributed by atoms with Crippen molar-refractivity contribution in [2.45, 2.75) is 57.7 Å². The maximum Gasteiger partial charge on any atom is 0.490 e. The molecule has 1 saturated heterocycles. The molecule has 10 nitrogen and oxygen atoms in total. The van der Waals surface area contributed by atoms with Gasteiger partial charge in [0.2, 0.25) is 0 Å². The lowest BCUT2D eigenvalue weighted by molar-refractivity contribution is -0.193. The Morgan fingerprint density at radius 2 is 1.69 bits per heavy atom. The zero-order valence-corrected chi connectivity index (χ0v) is 21.3. The molecule has 3 heterocycles. The van der Waals surface area contributed by atoms with E-state index in [1.807, 2.05) is 32.3 Å². The Balaban J connectivity index is 0.000000449. The van der Waals surface area contributed by atoms with Crippen LogP contribution in [0.15, 0.2) is 29.0 Å². The smallest absolute Gasteiger partial charge is 0.475 e. The minimum Gasteiger partial charge on any atom is -0.475 e. The summed E-state index contributed by atoms with van der Waals surface area (Å²) in [6.45, 7) is 7.09. The van der Waals surface area contributed by atoms with Crippen molar-refractivity contribution in [3.63, 3.8) is 0 Å². The van der Waals surface area contributed by atoms with Crippen LogP contribution in [-0.2, 0) is 32.0 Å². The van der Waals surface area contributed by atoms with Gasteiger partial charge in [-0.1, -0.05) is 11.2 Å². The van der Waals surface area contributed by atoms with Crippen molar-refractivity contribution < 1.29 is 60.1 Å². The van der Waals surface area contributed by atoms with Crippen molar-refractivity contribution in [1.82, 2.24) is 15.0 Å². The van der Waals surface area contributed by atoms with Crippen LogP contribution < -0.4 is 0 Å². The Morgan fingerprint density at radius 1 is 1.10 bits per heavy atom. The summed E-state index contributed by atoms with van der Waals surface area (Å²) in [5.41, 5.74) is 3.40. The SMILES string of the molecule is COCCO[C@H]1CCN(Cc2c(C)noc2C)[C@H]1Cc1cccnc1.O=C(O)C(F)(F)F.O=C(O)C(F)(F)F. The Labute approximate surface area is 219 Å². The van der Waals surface area contributed by atoms with Crippen molar-refractivity contribution in [3.8, 4) is 0 Å². The van der Waals surface area contributed by atoms with E-state index in [2.05, 4.69) is 21.1 Å². The second-order valence-corrected chi connectivity index (χ2v) is 8.20. The minimum absolute atomic E-state index is 0.204. The number of carboxylic acids is 2. The molecule has 0 unspecified atom stereocenters. The predicted molar refractivity (Wildman–Crippen MR) is 122 cm³/mol. The topological polar surface area (TPSA) is 135 Å². The summed E-state index contributed by atoms with van der Waals surface area (Å²) in [6.07, 6.45) is -4.26. The van der Waals surface area contributed by atoms with Gasteiger partial charge >= 0.3 is 24.3 Å². The third kappa shape index (κ3) is 12.0. The van der Waals surface area contributed by atoms with Gasteiger partial charge in [-0.25, -0.2) is 9.59 Å². The van der Waals surface area contributed by atoms with Crippen LogP contribution in [0.5, 0.6) is 0 Å². The van der Waals surface area contributed by atoms with Crippen molar-refractivity contribution in [2.24, 2.45) is 0 Å². The highest BCUT2D eigenvalue weighted by Crippen LogP contribution is 2.28. The lowest BCUT2D eigenvalue weighted by Gasteiger charge is -2.28. The number of ether oxygens (including phenoxy) is 2. The molecule has 3 rings (SSSR count). The first kappa shape index (κ1) is 33.8. The maximum absolute atomic E-state index is 10.6. The molecule has 2 atom stereocenters. The van der Waals surface area contributed by atoms with E-state index in [0.717, 1.165) is 37.4 Å². The molecule has 1 aliphatic rings. The lowest BCUT2D eigenvalue weighted by atomic mass is 10.0. The molecule has 220 valence electrons. The molecule has 2 aromatic heterocycles. The second-order valence-electron chi connectivity index (χ2n) is 8.20. The molecule has 0 amide bonds. The average molecular weight is 573 g/mol. The number of alkyl halides is 6. The number of aliphatic carboxylic acids is 2. The van der Waals surface area contributed by atoms with E-state index < -0.39 is 24.3 Å². The van der Waals surface area contributed by atoms with Crippen molar-refractivity contribution in [2.75, 3.05) is 26.9 Å². The third-order valence-corrected chi connectivity index (χ3v) is 5.41. The van der Waals surface area contributed by atoms with Crippen LogP contribution in [0, 0.1) is 13.8 Å². The number of likely N-dealkylation sites (tertiary alicyclic amines) is 1. The van der Waals surface area contributed by atoms with Gasteiger partial charge in [0.25, 0.3) is 0 Å². The number of aryl methyl sites for hydroxylation is 2. The summed E-state index contributed by atoms with van der Waals surface area (Å²) in [4.78, 5) is 24.5. The zero-order valence-electron chi connectivity index (χ0n) is 21.3. The molecule has 0 radical (unpaired) electrons. The molecule has 0 spiro atoms. The highest BCUT2D eigenvalue weighted by Gasteiger charge is 2.39. The number of carboxylic acid groups (broad SMARTS) is 2. The van der Waals surface area contributed by atoms with E-state index in [9.17, 15) is 26.3 Å². The van der Waals surface area contributed by atoms with Crippen molar-refractivity contribution in [3.05, 3.63) is 47.1 Å². The molecular weight excluding hydrogens is 544 g/mol. The standard InChI is InChI=1S/C19H27N3O3.2C2HF3O2/c1-14-17(15(2)25-21-14)13-22-8-6-19(24-10-9-23-3)18(22)11-16-5-4-7-20-12-16;2*3-2(4,5)1(6)7/h4-5,7,12,18-19H,6,8-11,13H2,1-3H3;2*(H,6,7)/t18-,19-;;/m0../s1. The molecule has 1 aliphatic heterocycles. The summed E-state index contributed by atoms with van der Waals surface area (Å²) in [7, 11) is 1.70. The van der Waals surface area contributed by atoms with E-state index in [1.165, 1.54) is 11.1 Å². The first-order chi connectivity index (χ1) is 18.1. The van der Waals surface area contributed by atoms with Gasteiger partial charge in [-0.3, -0.25) is 9.88 Å². The number of rotatable bonds is 8. The van der Waals surface area contributed by atoms with E-state index in [4.69, 9.17) is 33.8 Å². The average Bonchev–Trinajstić information content (AvgIpc) is 3.37. The number of methoxy groups -OCH3 is 1. The summed E-state index contributed by atoms with van der Waals surface area (Å²) in [6, 6.07) is 4.43. The lowest BCUT2D eigenvalue weighted by Crippen LogP contribution is -2.38. The Hall–Kier alpha value is -3.24. The predicted octanol–water partition coefficient (Wildman–Crippen LogP) is 3.80. The Kier molecular flexibility index (Phi) is 13.3. The van der Waals surface area contributed by atoms with Gasteiger partial charge in [0, 0.05) is 44.2 Å². The molecular formula is C23H29F6N3O7. The number of halogens is 6. The molecule has 1 fully saturated rings. The number of aromatic nitrogens is 2. The van der Waals surface area contributed by atoms with Crippen LogP contribution in [0.1, 0.15) is 29.0 Å². The molecule has 2 aromatic rings. The molecule has 0 bridgehead atoms. The van der Waals surface area contributed by atoms with Gasteiger partial charge in [-0.15, -0.1) is 0 Å². The molecule has 16 heteroatoms. The molecule has 2 N–H and O–H groups in total. The summed E-state index contributed by atoms with van der Waals surface area (Å²) in [5.74, 6) is -4.61. The number of nitrogens with zero attached hydrogens (tertiary/aromatic N) is 3. The van der Waals surface area contributed by atoms with Gasteiger partial charge < -0.3 is 24.2 Å². The van der Waals surface area contributed by atoms with E-state index in [-0.39, 0.29) is 6.10 Å². The fraction of sp³-hybridized carbons (Fsp3) is 0.565. The molecule has 0 saturated carbocycles. The first-order valence-electron chi connectivity index (χ1n) is 11.3.